The van der Waals surface area contributed by atoms with Crippen LogP contribution in [-0.2, 0) is 0 Å². The highest BCUT2D eigenvalue weighted by Gasteiger charge is 2.29. The van der Waals surface area contributed by atoms with E-state index < -0.39 is 5.54 Å². The summed E-state index contributed by atoms with van der Waals surface area (Å²) in [5.74, 6) is -0.382. The number of likely N-dealkylation sites (N-methyl/N-ethyl adjacent to an activating group) is 1. The monoisotopic (exact) mass is 253 g/mol. The molecule has 0 radical (unpaired) electrons. The van der Waals surface area contributed by atoms with Gasteiger partial charge in [-0.1, -0.05) is 13.0 Å². The average molecular weight is 253 g/mol. The summed E-state index contributed by atoms with van der Waals surface area (Å²) >= 11 is 0. The number of amides is 2. The maximum Gasteiger partial charge on any atom is 0.322 e. The molecule has 5 heteroatoms. The fourth-order valence-electron chi connectivity index (χ4n) is 1.54. The molecule has 3 N–H and O–H groups in total. The van der Waals surface area contributed by atoms with E-state index >= 15 is 0 Å². The molecule has 0 bridgehead atoms. The van der Waals surface area contributed by atoms with E-state index in [1.165, 1.54) is 12.1 Å². The lowest BCUT2D eigenvalue weighted by Crippen LogP contribution is -2.53. The maximum atomic E-state index is 13.0. The molecule has 100 valence electrons. The Morgan fingerprint density at radius 3 is 2.72 bits per heavy atom. The Balaban J connectivity index is 2.77. The lowest BCUT2D eigenvalue weighted by Gasteiger charge is -2.37. The Kier molecular flexibility index (Phi) is 4.67. The zero-order valence-electron chi connectivity index (χ0n) is 11.0. The number of hydrogen-bond donors (Lipinski definition) is 2. The predicted molar refractivity (Wildman–Crippen MR) is 70.9 cm³/mol. The second-order valence-electron chi connectivity index (χ2n) is 4.55. The second kappa shape index (κ2) is 5.82. The van der Waals surface area contributed by atoms with Crippen molar-refractivity contribution in [3.05, 3.63) is 30.1 Å². The fourth-order valence-corrected chi connectivity index (χ4v) is 1.54. The van der Waals surface area contributed by atoms with Gasteiger partial charge in [0.2, 0.25) is 0 Å². The van der Waals surface area contributed by atoms with Crippen molar-refractivity contribution < 1.29 is 9.18 Å². The predicted octanol–water partition coefficient (Wildman–Crippen LogP) is 2.42. The van der Waals surface area contributed by atoms with Crippen LogP contribution in [0.15, 0.2) is 24.3 Å². The van der Waals surface area contributed by atoms with Crippen molar-refractivity contribution in [2.75, 3.05) is 18.9 Å². The molecular formula is C13H20FN3O. The molecule has 1 atom stereocenters. The summed E-state index contributed by atoms with van der Waals surface area (Å²) in [6.45, 7) is 4.26. The van der Waals surface area contributed by atoms with Gasteiger partial charge in [-0.05, 0) is 31.5 Å². The molecule has 0 saturated carbocycles. The highest BCUT2D eigenvalue weighted by Crippen LogP contribution is 2.18. The lowest BCUT2D eigenvalue weighted by atomic mass is 9.97. The van der Waals surface area contributed by atoms with E-state index in [2.05, 4.69) is 5.32 Å². The number of carbonyl (C=O) groups excluding carboxylic acids is 1. The molecule has 0 aliphatic rings. The summed E-state index contributed by atoms with van der Waals surface area (Å²) in [5.41, 5.74) is 5.72. The fraction of sp³-hybridized carbons (Fsp3) is 0.462. The topological polar surface area (TPSA) is 58.4 Å². The zero-order chi connectivity index (χ0) is 13.8. The van der Waals surface area contributed by atoms with Crippen LogP contribution in [-0.4, -0.2) is 30.1 Å². The Morgan fingerprint density at radius 2 is 2.22 bits per heavy atom. The highest BCUT2D eigenvalue weighted by atomic mass is 19.1. The third-order valence-electron chi connectivity index (χ3n) is 3.39. The highest BCUT2D eigenvalue weighted by molar-refractivity contribution is 5.89. The van der Waals surface area contributed by atoms with Crippen LogP contribution in [0.2, 0.25) is 0 Å². The molecule has 0 aliphatic carbocycles. The first-order valence-electron chi connectivity index (χ1n) is 5.93. The van der Waals surface area contributed by atoms with Crippen molar-refractivity contribution >= 4 is 11.7 Å². The van der Waals surface area contributed by atoms with Gasteiger partial charge >= 0.3 is 6.03 Å². The number of nitrogens with zero attached hydrogens (tertiary/aromatic N) is 1. The molecule has 0 aliphatic heterocycles. The molecule has 0 saturated heterocycles. The van der Waals surface area contributed by atoms with Crippen LogP contribution >= 0.6 is 0 Å². The van der Waals surface area contributed by atoms with Crippen molar-refractivity contribution in [1.29, 1.82) is 0 Å². The number of benzene rings is 1. The molecule has 18 heavy (non-hydrogen) atoms. The number of halogens is 1. The molecule has 1 unspecified atom stereocenters. The van der Waals surface area contributed by atoms with Gasteiger partial charge in [0.05, 0.1) is 5.54 Å². The van der Waals surface area contributed by atoms with Crippen molar-refractivity contribution in [3.8, 4) is 0 Å². The molecule has 0 spiro atoms. The molecule has 4 nitrogen and oxygen atoms in total. The van der Waals surface area contributed by atoms with E-state index in [9.17, 15) is 9.18 Å². The van der Waals surface area contributed by atoms with Gasteiger partial charge in [-0.15, -0.1) is 0 Å². The van der Waals surface area contributed by atoms with Crippen LogP contribution < -0.4 is 11.1 Å². The van der Waals surface area contributed by atoms with Crippen molar-refractivity contribution in [1.82, 2.24) is 4.90 Å². The van der Waals surface area contributed by atoms with Gasteiger partial charge in [0.1, 0.15) is 5.82 Å². The molecule has 2 amide bonds. The van der Waals surface area contributed by atoms with Crippen LogP contribution in [0.25, 0.3) is 0 Å². The van der Waals surface area contributed by atoms with E-state index in [-0.39, 0.29) is 11.8 Å². The molecule has 1 aromatic carbocycles. The minimum absolute atomic E-state index is 0.296. The van der Waals surface area contributed by atoms with E-state index in [4.69, 9.17) is 5.73 Å². The second-order valence-corrected chi connectivity index (χ2v) is 4.55. The van der Waals surface area contributed by atoms with E-state index in [0.717, 1.165) is 6.42 Å². The number of anilines is 1. The zero-order valence-corrected chi connectivity index (χ0v) is 11.0. The smallest absolute Gasteiger partial charge is 0.322 e. The molecular weight excluding hydrogens is 233 g/mol. The summed E-state index contributed by atoms with van der Waals surface area (Å²) < 4.78 is 13.0. The average Bonchev–Trinajstić information content (AvgIpc) is 2.37. The SMILES string of the molecule is CCC(C)(CN)N(C)C(=O)Nc1cccc(F)c1. The number of urea groups is 1. The van der Waals surface area contributed by atoms with Crippen LogP contribution in [0.4, 0.5) is 14.9 Å². The lowest BCUT2D eigenvalue weighted by molar-refractivity contribution is 0.158. The third kappa shape index (κ3) is 3.20. The van der Waals surface area contributed by atoms with E-state index in [1.807, 2.05) is 13.8 Å². The Hall–Kier alpha value is -1.62. The summed E-state index contributed by atoms with van der Waals surface area (Å²) in [4.78, 5) is 13.6. The summed E-state index contributed by atoms with van der Waals surface area (Å²) in [7, 11) is 1.69. The van der Waals surface area contributed by atoms with Gasteiger partial charge in [-0.3, -0.25) is 0 Å². The Labute approximate surface area is 107 Å². The van der Waals surface area contributed by atoms with E-state index in [0.29, 0.717) is 12.2 Å². The standard InChI is InChI=1S/C13H20FN3O/c1-4-13(2,9-15)17(3)12(18)16-11-7-5-6-10(14)8-11/h5-8H,4,9,15H2,1-3H3,(H,16,18). The van der Waals surface area contributed by atoms with Crippen LogP contribution in [0.3, 0.4) is 0 Å². The Morgan fingerprint density at radius 1 is 1.56 bits per heavy atom. The first kappa shape index (κ1) is 14.4. The van der Waals surface area contributed by atoms with Crippen LogP contribution in [0.1, 0.15) is 20.3 Å². The number of rotatable bonds is 4. The van der Waals surface area contributed by atoms with Crippen LogP contribution in [0, 0.1) is 5.82 Å². The molecule has 1 rings (SSSR count). The number of carbonyl (C=O) groups is 1. The van der Waals surface area contributed by atoms with Gasteiger partial charge in [0, 0.05) is 19.3 Å². The quantitative estimate of drug-likeness (QED) is 0.865. The maximum absolute atomic E-state index is 13.0. The molecule has 0 heterocycles. The van der Waals surface area contributed by atoms with Gasteiger partial charge in [-0.2, -0.15) is 0 Å². The number of hydrogen-bond acceptors (Lipinski definition) is 2. The van der Waals surface area contributed by atoms with Crippen molar-refractivity contribution in [2.45, 2.75) is 25.8 Å². The molecule has 0 aromatic heterocycles. The van der Waals surface area contributed by atoms with Gasteiger partial charge in [0.15, 0.2) is 0 Å². The molecule has 1 aromatic rings. The van der Waals surface area contributed by atoms with Gasteiger partial charge < -0.3 is 16.0 Å². The van der Waals surface area contributed by atoms with Crippen molar-refractivity contribution in [3.63, 3.8) is 0 Å². The van der Waals surface area contributed by atoms with Gasteiger partial charge in [-0.25, -0.2) is 9.18 Å². The summed E-state index contributed by atoms with van der Waals surface area (Å²) in [6.07, 6.45) is 0.747. The summed E-state index contributed by atoms with van der Waals surface area (Å²) in [5, 5.41) is 2.65. The number of nitrogens with two attached hydrogens (primary N) is 1. The van der Waals surface area contributed by atoms with E-state index in [1.54, 1.807) is 24.1 Å². The largest absolute Gasteiger partial charge is 0.328 e. The van der Waals surface area contributed by atoms with Gasteiger partial charge in [0.25, 0.3) is 0 Å². The minimum Gasteiger partial charge on any atom is -0.328 e. The molecule has 0 fully saturated rings. The summed E-state index contributed by atoms with van der Waals surface area (Å²) in [6, 6.07) is 5.50. The third-order valence-corrected chi connectivity index (χ3v) is 3.39. The van der Waals surface area contributed by atoms with Crippen LogP contribution in [0.5, 0.6) is 0 Å². The first-order valence-corrected chi connectivity index (χ1v) is 5.93. The normalized spacial score (nSPS) is 13.8. The Bertz CT molecular complexity index is 418. The first-order chi connectivity index (χ1) is 8.42. The number of nitrogens with one attached hydrogen (secondary N) is 1. The van der Waals surface area contributed by atoms with Crippen molar-refractivity contribution in [2.24, 2.45) is 5.73 Å². The minimum atomic E-state index is -0.405.